The summed E-state index contributed by atoms with van der Waals surface area (Å²) < 4.78 is 39.5. The minimum Gasteiger partial charge on any atom is -0.461 e. The summed E-state index contributed by atoms with van der Waals surface area (Å²) in [5.41, 5.74) is 1.99. The van der Waals surface area contributed by atoms with Crippen LogP contribution >= 0.6 is 0 Å². The predicted molar refractivity (Wildman–Crippen MR) is 218 cm³/mol. The van der Waals surface area contributed by atoms with Gasteiger partial charge in [-0.1, -0.05) is 44.5 Å². The second-order valence-corrected chi connectivity index (χ2v) is 14.5. The van der Waals surface area contributed by atoms with Crippen LogP contribution in [0.1, 0.15) is 64.1 Å². The molecule has 1 aromatic heterocycles. The van der Waals surface area contributed by atoms with Crippen LogP contribution in [0.5, 0.6) is 0 Å². The van der Waals surface area contributed by atoms with E-state index >= 15 is 0 Å². The molecule has 0 saturated carbocycles. The fourth-order valence-corrected chi connectivity index (χ4v) is 5.51. The number of hydrogen-bond acceptors (Lipinski definition) is 15. The average molecular weight is 862 g/mol. The molecule has 1 atom stereocenters. The molecule has 5 amide bonds. The van der Waals surface area contributed by atoms with Gasteiger partial charge in [0.25, 0.3) is 0 Å². The topological polar surface area (TPSA) is 237 Å². The molecule has 1 saturated heterocycles. The fraction of sp³-hybridized carbons (Fsp3) is 0.659. The van der Waals surface area contributed by atoms with Crippen molar-refractivity contribution in [2.24, 2.45) is 11.8 Å². The van der Waals surface area contributed by atoms with Crippen LogP contribution in [-0.2, 0) is 81.6 Å². The number of nitrogens with zero attached hydrogens (tertiary/aromatic N) is 4. The van der Waals surface area contributed by atoms with E-state index in [0.29, 0.717) is 110 Å². The molecule has 0 unspecified atom stereocenters. The maximum atomic E-state index is 12.2. The Labute approximate surface area is 356 Å². The van der Waals surface area contributed by atoms with Gasteiger partial charge in [-0.2, -0.15) is 0 Å². The van der Waals surface area contributed by atoms with Gasteiger partial charge in [0.2, 0.25) is 29.5 Å². The van der Waals surface area contributed by atoms with E-state index in [-0.39, 0.29) is 80.8 Å². The Morgan fingerprint density at radius 3 is 1.98 bits per heavy atom. The molecular weight excluding hydrogens is 798 g/mol. The Kier molecular flexibility index (Phi) is 25.0. The number of anilines is 1. The largest absolute Gasteiger partial charge is 0.461 e. The smallest absolute Gasteiger partial charge is 0.308 e. The number of unbranched alkanes of at least 4 members (excludes halogenated alkanes) is 2. The molecule has 3 rings (SSSR count). The number of nitrogens with one attached hydrogen (secondary N) is 3. The van der Waals surface area contributed by atoms with Crippen molar-refractivity contribution in [1.82, 2.24) is 30.5 Å². The maximum absolute atomic E-state index is 12.2. The van der Waals surface area contributed by atoms with Crippen molar-refractivity contribution in [3.05, 3.63) is 41.7 Å². The molecule has 2 aromatic rings. The first kappa shape index (κ1) is 50.5. The molecule has 3 N–H and O–H groups in total. The van der Waals surface area contributed by atoms with Gasteiger partial charge in [-0.3, -0.25) is 33.7 Å². The second-order valence-electron chi connectivity index (χ2n) is 14.5. The van der Waals surface area contributed by atoms with Crippen LogP contribution in [-0.4, -0.2) is 148 Å². The monoisotopic (exact) mass is 861 g/mol. The van der Waals surface area contributed by atoms with Crippen LogP contribution in [0.3, 0.4) is 0 Å². The normalized spacial score (nSPS) is 13.8. The van der Waals surface area contributed by atoms with Gasteiger partial charge in [0.1, 0.15) is 25.5 Å². The van der Waals surface area contributed by atoms with Gasteiger partial charge in [0, 0.05) is 37.5 Å². The SMILES string of the molecule is CC(C)C(=O)OCc1ccc(NC(=O)COCC(=O)NCCOCCOCCOCCOCCOCCn2cc(CNC(=O)CCCCCN3C(=O)C[C@H](C)C3=O)nn2)cc1. The van der Waals surface area contributed by atoms with Gasteiger partial charge < -0.3 is 49.1 Å². The number of carbonyl (C=O) groups excluding carboxylic acids is 6. The lowest BCUT2D eigenvalue weighted by atomic mass is 10.1. The quantitative estimate of drug-likeness (QED) is 0.0513. The Morgan fingerprint density at radius 2 is 1.36 bits per heavy atom. The molecule has 340 valence electrons. The van der Waals surface area contributed by atoms with Crippen LogP contribution in [0.25, 0.3) is 0 Å². The Bertz CT molecular complexity index is 1620. The third-order valence-electron chi connectivity index (χ3n) is 8.89. The van der Waals surface area contributed by atoms with E-state index < -0.39 is 5.91 Å². The summed E-state index contributed by atoms with van der Waals surface area (Å²) in [5, 5.41) is 16.3. The van der Waals surface area contributed by atoms with Crippen LogP contribution < -0.4 is 16.0 Å². The third-order valence-corrected chi connectivity index (χ3v) is 8.89. The number of rotatable bonds is 34. The first-order valence-electron chi connectivity index (χ1n) is 20.8. The molecule has 0 radical (unpaired) electrons. The molecule has 61 heavy (non-hydrogen) atoms. The van der Waals surface area contributed by atoms with E-state index in [4.69, 9.17) is 33.2 Å². The summed E-state index contributed by atoms with van der Waals surface area (Å²) in [6.45, 7) is 10.3. The number of amides is 5. The van der Waals surface area contributed by atoms with E-state index in [0.717, 1.165) is 12.0 Å². The summed E-state index contributed by atoms with van der Waals surface area (Å²) in [4.78, 5) is 72.9. The van der Waals surface area contributed by atoms with Gasteiger partial charge in [0.05, 0.1) is 91.3 Å². The lowest BCUT2D eigenvalue weighted by Gasteiger charge is -2.13. The molecule has 20 nitrogen and oxygen atoms in total. The lowest BCUT2D eigenvalue weighted by molar-refractivity contribution is -0.148. The zero-order valence-electron chi connectivity index (χ0n) is 35.7. The van der Waals surface area contributed by atoms with Gasteiger partial charge in [-0.15, -0.1) is 5.10 Å². The van der Waals surface area contributed by atoms with Crippen LogP contribution in [0.2, 0.25) is 0 Å². The molecule has 1 aromatic carbocycles. The van der Waals surface area contributed by atoms with Crippen molar-refractivity contribution >= 4 is 41.2 Å². The van der Waals surface area contributed by atoms with Crippen LogP contribution in [0, 0.1) is 11.8 Å². The zero-order valence-corrected chi connectivity index (χ0v) is 35.7. The van der Waals surface area contributed by atoms with E-state index in [2.05, 4.69) is 26.3 Å². The van der Waals surface area contributed by atoms with E-state index in [1.807, 2.05) is 0 Å². The number of hydrogen-bond donors (Lipinski definition) is 3. The average Bonchev–Trinajstić information content (AvgIpc) is 3.80. The Hall–Kier alpha value is -4.86. The summed E-state index contributed by atoms with van der Waals surface area (Å²) in [7, 11) is 0. The lowest BCUT2D eigenvalue weighted by Crippen LogP contribution is -2.32. The van der Waals surface area contributed by atoms with Gasteiger partial charge >= 0.3 is 5.97 Å². The minimum atomic E-state index is -0.406. The second kappa shape index (κ2) is 30.2. The summed E-state index contributed by atoms with van der Waals surface area (Å²) in [5.74, 6) is -1.79. The number of likely N-dealkylation sites (tertiary alicyclic amines) is 1. The summed E-state index contributed by atoms with van der Waals surface area (Å²) in [6.07, 6.45) is 4.52. The maximum Gasteiger partial charge on any atom is 0.308 e. The number of benzene rings is 1. The molecule has 0 aliphatic carbocycles. The number of carbonyl (C=O) groups is 6. The molecule has 0 spiro atoms. The fourth-order valence-electron chi connectivity index (χ4n) is 5.51. The van der Waals surface area contributed by atoms with Gasteiger partial charge in [-0.05, 0) is 30.5 Å². The first-order valence-corrected chi connectivity index (χ1v) is 20.8. The first-order chi connectivity index (χ1) is 29.5. The highest BCUT2D eigenvalue weighted by Crippen LogP contribution is 2.19. The van der Waals surface area contributed by atoms with Crippen molar-refractivity contribution in [2.45, 2.75) is 72.6 Å². The van der Waals surface area contributed by atoms with E-state index in [1.54, 1.807) is 55.9 Å². The number of imide groups is 1. The van der Waals surface area contributed by atoms with Crippen molar-refractivity contribution in [3.8, 4) is 0 Å². The summed E-state index contributed by atoms with van der Waals surface area (Å²) in [6, 6.07) is 6.88. The minimum absolute atomic E-state index is 0.0876. The molecule has 1 fully saturated rings. The number of esters is 1. The van der Waals surface area contributed by atoms with Crippen LogP contribution in [0.15, 0.2) is 30.5 Å². The Morgan fingerprint density at radius 1 is 0.738 bits per heavy atom. The highest BCUT2D eigenvalue weighted by Gasteiger charge is 2.34. The molecule has 1 aliphatic heterocycles. The zero-order chi connectivity index (χ0) is 44.1. The standard InChI is InChI=1S/C41H63N7O13/c1-31(2)41(54)61-28-33-8-10-34(11-9-33)44-38(51)30-60-29-37(50)42-12-15-55-17-19-57-21-23-59-24-22-58-20-18-56-16-14-47-27-35(45-46-47)26-43-36(49)7-5-4-6-13-48-39(52)25-32(3)40(48)53/h8-11,27,31-32H,4-7,12-26,28-30H2,1-3H3,(H,42,50)(H,43,49)(H,44,51)/t32-/m0/s1. The number of ether oxygens (including phenoxy) is 7. The summed E-state index contributed by atoms with van der Waals surface area (Å²) >= 11 is 0. The molecule has 2 heterocycles. The van der Waals surface area contributed by atoms with Gasteiger partial charge in [0.15, 0.2) is 0 Å². The van der Waals surface area contributed by atoms with Crippen molar-refractivity contribution < 1.29 is 61.9 Å². The molecule has 1 aliphatic rings. The molecule has 0 bridgehead atoms. The number of aromatic nitrogens is 3. The van der Waals surface area contributed by atoms with Crippen molar-refractivity contribution in [2.75, 3.05) is 97.7 Å². The van der Waals surface area contributed by atoms with Crippen LogP contribution in [0.4, 0.5) is 5.69 Å². The molecular formula is C41H63N7O13. The van der Waals surface area contributed by atoms with E-state index in [1.165, 1.54) is 4.90 Å². The highest BCUT2D eigenvalue weighted by molar-refractivity contribution is 6.03. The van der Waals surface area contributed by atoms with Gasteiger partial charge in [-0.25, -0.2) is 4.68 Å². The third kappa shape index (κ3) is 22.5. The van der Waals surface area contributed by atoms with E-state index in [9.17, 15) is 28.8 Å². The Balaban J connectivity index is 1.01. The van der Waals surface area contributed by atoms with Crippen molar-refractivity contribution in [1.29, 1.82) is 0 Å². The predicted octanol–water partition coefficient (Wildman–Crippen LogP) is 1.40. The molecule has 20 heteroatoms. The van der Waals surface area contributed by atoms with Crippen molar-refractivity contribution in [3.63, 3.8) is 0 Å². The highest BCUT2D eigenvalue weighted by atomic mass is 16.6.